The molecule has 0 amide bonds. The van der Waals surface area contributed by atoms with Gasteiger partial charge in [0, 0.05) is 17.8 Å². The van der Waals surface area contributed by atoms with E-state index in [0.29, 0.717) is 10.0 Å². The van der Waals surface area contributed by atoms with Crippen LogP contribution in [0.1, 0.15) is 36.9 Å². The van der Waals surface area contributed by atoms with Gasteiger partial charge in [0.2, 0.25) is 5.95 Å². The van der Waals surface area contributed by atoms with Crippen molar-refractivity contribution in [3.63, 3.8) is 0 Å². The molecule has 1 saturated heterocycles. The number of rotatable bonds is 7. The molecule has 31 heavy (non-hydrogen) atoms. The highest BCUT2D eigenvalue weighted by Gasteiger charge is 2.19. The molecular weight excluding hydrogens is 427 g/mol. The number of nitrogen functional groups attached to an aromatic ring is 1. The Morgan fingerprint density at radius 1 is 0.968 bits per heavy atom. The predicted octanol–water partition coefficient (Wildman–Crippen LogP) is 6.27. The summed E-state index contributed by atoms with van der Waals surface area (Å²) in [5.41, 5.74) is 9.85. The zero-order chi connectivity index (χ0) is 21.6. The quantitative estimate of drug-likeness (QED) is 0.456. The molecule has 2 heterocycles. The molecule has 4 rings (SSSR count). The van der Waals surface area contributed by atoms with Crippen LogP contribution in [-0.4, -0.2) is 28.0 Å². The van der Waals surface area contributed by atoms with E-state index in [1.807, 2.05) is 18.2 Å². The molecule has 1 aromatic heterocycles. The van der Waals surface area contributed by atoms with Gasteiger partial charge in [-0.25, -0.2) is 9.97 Å². The minimum atomic E-state index is 0.276. The molecule has 0 spiro atoms. The van der Waals surface area contributed by atoms with Crippen molar-refractivity contribution in [3.05, 3.63) is 75.9 Å². The third kappa shape index (κ3) is 5.97. The van der Waals surface area contributed by atoms with Crippen LogP contribution in [-0.2, 0) is 13.0 Å². The molecule has 1 aliphatic rings. The van der Waals surface area contributed by atoms with Crippen LogP contribution in [0.5, 0.6) is 0 Å². The van der Waals surface area contributed by atoms with E-state index in [9.17, 15) is 0 Å². The summed E-state index contributed by atoms with van der Waals surface area (Å²) in [6.45, 7) is 3.41. The first kappa shape index (κ1) is 22.1. The monoisotopic (exact) mass is 454 g/mol. The lowest BCUT2D eigenvalue weighted by atomic mass is 9.91. The maximum atomic E-state index is 6.36. The predicted molar refractivity (Wildman–Crippen MR) is 129 cm³/mol. The highest BCUT2D eigenvalue weighted by Crippen LogP contribution is 2.33. The van der Waals surface area contributed by atoms with E-state index in [0.717, 1.165) is 42.3 Å². The maximum absolute atomic E-state index is 6.36. The molecule has 0 saturated carbocycles. The van der Waals surface area contributed by atoms with Crippen molar-refractivity contribution in [2.75, 3.05) is 18.8 Å². The minimum absolute atomic E-state index is 0.276. The first-order chi connectivity index (χ1) is 15.1. The second-order valence-corrected chi connectivity index (χ2v) is 9.09. The van der Waals surface area contributed by atoms with E-state index in [1.54, 1.807) is 6.07 Å². The van der Waals surface area contributed by atoms with Crippen LogP contribution in [0, 0.1) is 5.92 Å². The Labute approximate surface area is 194 Å². The summed E-state index contributed by atoms with van der Waals surface area (Å²) in [4.78, 5) is 11.4. The van der Waals surface area contributed by atoms with Gasteiger partial charge in [-0.3, -0.25) is 4.90 Å². The number of aromatic nitrogens is 2. The van der Waals surface area contributed by atoms with E-state index < -0.39 is 0 Å². The lowest BCUT2D eigenvalue weighted by molar-refractivity contribution is 0.171. The summed E-state index contributed by atoms with van der Waals surface area (Å²) in [5.74, 6) is 1.06. The fourth-order valence-electron chi connectivity index (χ4n) is 4.33. The number of aryl methyl sites for hydroxylation is 1. The normalized spacial score (nSPS) is 15.3. The van der Waals surface area contributed by atoms with E-state index in [-0.39, 0.29) is 5.95 Å². The minimum Gasteiger partial charge on any atom is -0.368 e. The number of piperidine rings is 1. The van der Waals surface area contributed by atoms with Crippen molar-refractivity contribution < 1.29 is 0 Å². The largest absolute Gasteiger partial charge is 0.368 e. The summed E-state index contributed by atoms with van der Waals surface area (Å²) in [5, 5.41) is 1.01. The molecule has 162 valence electrons. The van der Waals surface area contributed by atoms with E-state index in [1.165, 1.54) is 37.9 Å². The molecule has 4 nitrogen and oxygen atoms in total. The molecule has 0 atom stereocenters. The van der Waals surface area contributed by atoms with Gasteiger partial charge < -0.3 is 5.73 Å². The third-order valence-corrected chi connectivity index (χ3v) is 6.84. The van der Waals surface area contributed by atoms with Crippen molar-refractivity contribution >= 4 is 29.2 Å². The van der Waals surface area contributed by atoms with Crippen molar-refractivity contribution in [2.24, 2.45) is 5.92 Å². The Balaban J connectivity index is 1.28. The fourth-order valence-corrected chi connectivity index (χ4v) is 4.73. The Morgan fingerprint density at radius 3 is 2.52 bits per heavy atom. The molecule has 0 radical (unpaired) electrons. The molecule has 0 aliphatic carbocycles. The molecule has 2 N–H and O–H groups in total. The van der Waals surface area contributed by atoms with E-state index in [4.69, 9.17) is 28.9 Å². The molecule has 1 aliphatic heterocycles. The molecular formula is C25H28Cl2N4. The molecule has 6 heteroatoms. The van der Waals surface area contributed by atoms with Gasteiger partial charge in [-0.1, -0.05) is 65.7 Å². The number of hydrogen-bond acceptors (Lipinski definition) is 4. The lowest BCUT2D eigenvalue weighted by Gasteiger charge is -2.32. The molecule has 1 fully saturated rings. The Morgan fingerprint density at radius 2 is 1.74 bits per heavy atom. The fraction of sp³-hybridized carbons (Fsp3) is 0.360. The van der Waals surface area contributed by atoms with Crippen LogP contribution >= 0.6 is 23.2 Å². The van der Waals surface area contributed by atoms with Crippen LogP contribution < -0.4 is 5.73 Å². The van der Waals surface area contributed by atoms with Gasteiger partial charge in [0.05, 0.1) is 15.7 Å². The average Bonchev–Trinajstić information content (AvgIpc) is 2.77. The van der Waals surface area contributed by atoms with Gasteiger partial charge in [-0.15, -0.1) is 0 Å². The Kier molecular flexibility index (Phi) is 7.44. The van der Waals surface area contributed by atoms with Gasteiger partial charge in [0.15, 0.2) is 0 Å². The summed E-state index contributed by atoms with van der Waals surface area (Å²) in [7, 11) is 0. The highest BCUT2D eigenvalue weighted by molar-refractivity contribution is 6.43. The summed E-state index contributed by atoms with van der Waals surface area (Å²) in [6.07, 6.45) is 5.74. The number of nitrogens with two attached hydrogens (primary N) is 1. The SMILES string of the molecule is Nc1nc(CCCC2CCN(Cc3ccccc3)CC2)cc(-c2cccc(Cl)c2Cl)n1. The second kappa shape index (κ2) is 10.4. The van der Waals surface area contributed by atoms with Gasteiger partial charge >= 0.3 is 0 Å². The second-order valence-electron chi connectivity index (χ2n) is 8.30. The standard InChI is InChI=1S/C25H28Cl2N4/c26-22-11-5-10-21(24(22)27)23-16-20(29-25(28)30-23)9-4-8-18-12-14-31(15-13-18)17-19-6-2-1-3-7-19/h1-3,5-7,10-11,16,18H,4,8-9,12-15,17H2,(H2,28,29,30). The molecule has 3 aromatic rings. The van der Waals surface area contributed by atoms with Gasteiger partial charge in [-0.05, 0) is 68.8 Å². The summed E-state index contributed by atoms with van der Waals surface area (Å²) in [6, 6.07) is 18.3. The maximum Gasteiger partial charge on any atom is 0.220 e. The smallest absolute Gasteiger partial charge is 0.220 e. The summed E-state index contributed by atoms with van der Waals surface area (Å²) >= 11 is 12.5. The first-order valence-corrected chi connectivity index (χ1v) is 11.7. The zero-order valence-electron chi connectivity index (χ0n) is 17.6. The number of anilines is 1. The zero-order valence-corrected chi connectivity index (χ0v) is 19.1. The molecule has 0 unspecified atom stereocenters. The van der Waals surface area contributed by atoms with Gasteiger partial charge in [0.1, 0.15) is 0 Å². The van der Waals surface area contributed by atoms with Crippen LogP contribution in [0.25, 0.3) is 11.3 Å². The lowest BCUT2D eigenvalue weighted by Crippen LogP contribution is -2.33. The van der Waals surface area contributed by atoms with Crippen LogP contribution in [0.2, 0.25) is 10.0 Å². The summed E-state index contributed by atoms with van der Waals surface area (Å²) < 4.78 is 0. The van der Waals surface area contributed by atoms with E-state index in [2.05, 4.69) is 45.2 Å². The number of hydrogen-bond donors (Lipinski definition) is 1. The van der Waals surface area contributed by atoms with Crippen molar-refractivity contribution in [1.29, 1.82) is 0 Å². The van der Waals surface area contributed by atoms with Crippen molar-refractivity contribution in [2.45, 2.75) is 38.6 Å². The highest BCUT2D eigenvalue weighted by atomic mass is 35.5. The van der Waals surface area contributed by atoms with Crippen LogP contribution in [0.3, 0.4) is 0 Å². The van der Waals surface area contributed by atoms with Crippen LogP contribution in [0.15, 0.2) is 54.6 Å². The Bertz CT molecular complexity index is 1000. The molecule has 2 aromatic carbocycles. The van der Waals surface area contributed by atoms with Gasteiger partial charge in [-0.2, -0.15) is 0 Å². The number of likely N-dealkylation sites (tertiary alicyclic amines) is 1. The van der Waals surface area contributed by atoms with Gasteiger partial charge in [0.25, 0.3) is 0 Å². The topological polar surface area (TPSA) is 55.0 Å². The third-order valence-electron chi connectivity index (χ3n) is 6.03. The Hall–Kier alpha value is -2.14. The van der Waals surface area contributed by atoms with E-state index >= 15 is 0 Å². The average molecular weight is 455 g/mol. The van der Waals surface area contributed by atoms with Crippen molar-refractivity contribution in [3.8, 4) is 11.3 Å². The van der Waals surface area contributed by atoms with Crippen LogP contribution in [0.4, 0.5) is 5.95 Å². The number of halogens is 2. The van der Waals surface area contributed by atoms with Crippen molar-refractivity contribution in [1.82, 2.24) is 14.9 Å². The number of benzene rings is 2. The first-order valence-electron chi connectivity index (χ1n) is 10.9. The molecule has 0 bridgehead atoms. The number of nitrogens with zero attached hydrogens (tertiary/aromatic N) is 3.